The molecule has 1 aliphatic heterocycles. The number of anilines is 2. The molecule has 0 saturated carbocycles. The van der Waals surface area contributed by atoms with Crippen LogP contribution < -0.4 is 20.7 Å². The maximum atomic E-state index is 9.80. The number of rotatable bonds is 10. The first-order valence-corrected chi connectivity index (χ1v) is 12.3. The van der Waals surface area contributed by atoms with Gasteiger partial charge in [0.05, 0.1) is 33.5 Å². The van der Waals surface area contributed by atoms with Crippen LogP contribution in [-0.2, 0) is 11.3 Å². The van der Waals surface area contributed by atoms with Gasteiger partial charge in [0.15, 0.2) is 0 Å². The van der Waals surface area contributed by atoms with Crippen molar-refractivity contribution in [3.05, 3.63) is 75.2 Å². The number of ether oxygens (including phenoxy) is 2. The van der Waals surface area contributed by atoms with E-state index in [-0.39, 0.29) is 17.9 Å². The molecule has 0 unspecified atom stereocenters. The Kier molecular flexibility index (Phi) is 8.15. The highest BCUT2D eigenvalue weighted by molar-refractivity contribution is 6.35. The predicted molar refractivity (Wildman–Crippen MR) is 145 cm³/mol. The van der Waals surface area contributed by atoms with Crippen molar-refractivity contribution in [2.45, 2.75) is 19.1 Å². The normalized spacial score (nSPS) is 14.1. The summed E-state index contributed by atoms with van der Waals surface area (Å²) in [5, 5.41) is 22.8. The molecule has 3 aromatic rings. The lowest BCUT2D eigenvalue weighted by molar-refractivity contribution is 0.177. The number of benzene rings is 1. The predicted octanol–water partition coefficient (Wildman–Crippen LogP) is 4.05. The van der Waals surface area contributed by atoms with Crippen molar-refractivity contribution < 1.29 is 9.47 Å². The number of aromatic nitrogens is 2. The minimum absolute atomic E-state index is 0.0715. The minimum atomic E-state index is -0.0715. The summed E-state index contributed by atoms with van der Waals surface area (Å²) in [4.78, 5) is 10.5. The lowest BCUT2D eigenvalue weighted by Gasteiger charge is -2.49. The monoisotopic (exact) mass is 539 g/mol. The molecule has 4 N–H and O–H groups in total. The van der Waals surface area contributed by atoms with Crippen molar-refractivity contribution >= 4 is 40.4 Å². The summed E-state index contributed by atoms with van der Waals surface area (Å²) in [6, 6.07) is 8.93. The highest BCUT2D eigenvalue weighted by Gasteiger charge is 2.39. The van der Waals surface area contributed by atoms with Crippen LogP contribution in [0.4, 0.5) is 11.5 Å². The van der Waals surface area contributed by atoms with Crippen LogP contribution in [0.5, 0.6) is 5.75 Å². The van der Waals surface area contributed by atoms with Gasteiger partial charge in [-0.3, -0.25) is 10.4 Å². The molecule has 0 spiro atoms. The zero-order valence-corrected chi connectivity index (χ0v) is 22.0. The summed E-state index contributed by atoms with van der Waals surface area (Å²) >= 11 is 12.4. The number of nitrogens with two attached hydrogens (primary N) is 1. The SMILES string of the molecule is COCCNC1(C)CN(c2ncc(C(=N)c3cc(OCc4c(Cl)cncc4Cl)ccc3N)cc2C#N)C1. The fourth-order valence-electron chi connectivity index (χ4n) is 4.17. The summed E-state index contributed by atoms with van der Waals surface area (Å²) in [5.74, 6) is 1.09. The molecule has 1 fully saturated rings. The molecule has 9 nitrogen and oxygen atoms in total. The van der Waals surface area contributed by atoms with Gasteiger partial charge in [-0.2, -0.15) is 5.26 Å². The second kappa shape index (κ2) is 11.3. The van der Waals surface area contributed by atoms with Crippen molar-refractivity contribution in [1.82, 2.24) is 15.3 Å². The third-order valence-electron chi connectivity index (χ3n) is 6.14. The summed E-state index contributed by atoms with van der Waals surface area (Å²) in [5.41, 5.74) is 8.60. The molecular formula is C26H27Cl2N7O2. The smallest absolute Gasteiger partial charge is 0.146 e. The zero-order valence-electron chi connectivity index (χ0n) is 20.5. The van der Waals surface area contributed by atoms with E-state index in [0.717, 1.165) is 6.54 Å². The third-order valence-corrected chi connectivity index (χ3v) is 6.79. The molecule has 0 amide bonds. The van der Waals surface area contributed by atoms with E-state index < -0.39 is 0 Å². The van der Waals surface area contributed by atoms with Crippen LogP contribution in [-0.4, -0.2) is 54.6 Å². The summed E-state index contributed by atoms with van der Waals surface area (Å²) < 4.78 is 11.0. The van der Waals surface area contributed by atoms with E-state index in [1.54, 1.807) is 37.6 Å². The van der Waals surface area contributed by atoms with Crippen LogP contribution in [0.3, 0.4) is 0 Å². The van der Waals surface area contributed by atoms with Crippen LogP contribution >= 0.6 is 23.2 Å². The topological polar surface area (TPSA) is 133 Å². The van der Waals surface area contributed by atoms with Crippen LogP contribution in [0, 0.1) is 16.7 Å². The van der Waals surface area contributed by atoms with E-state index in [9.17, 15) is 5.26 Å². The van der Waals surface area contributed by atoms with Gasteiger partial charge in [-0.1, -0.05) is 23.2 Å². The molecule has 1 aliphatic rings. The van der Waals surface area contributed by atoms with Gasteiger partial charge in [-0.25, -0.2) is 4.98 Å². The third kappa shape index (κ3) is 5.95. The Morgan fingerprint density at radius 1 is 1.24 bits per heavy atom. The van der Waals surface area contributed by atoms with Gasteiger partial charge >= 0.3 is 0 Å². The van der Waals surface area contributed by atoms with Crippen molar-refractivity contribution in [3.8, 4) is 11.8 Å². The number of nitrogens with zero attached hydrogens (tertiary/aromatic N) is 4. The average molecular weight is 540 g/mol. The summed E-state index contributed by atoms with van der Waals surface area (Å²) in [6.45, 7) is 5.07. The first kappa shape index (κ1) is 26.6. The highest BCUT2D eigenvalue weighted by Crippen LogP contribution is 2.31. The molecule has 1 saturated heterocycles. The van der Waals surface area contributed by atoms with Gasteiger partial charge in [-0.05, 0) is 31.2 Å². The molecule has 0 aliphatic carbocycles. The fraction of sp³-hybridized carbons (Fsp3) is 0.308. The second-order valence-corrected chi connectivity index (χ2v) is 9.85. The molecule has 37 heavy (non-hydrogen) atoms. The van der Waals surface area contributed by atoms with Crippen molar-refractivity contribution in [3.63, 3.8) is 0 Å². The number of halogens is 2. The molecule has 0 radical (unpaired) electrons. The van der Waals surface area contributed by atoms with Gasteiger partial charge in [-0.15, -0.1) is 0 Å². The Labute approximate surface area is 225 Å². The Balaban J connectivity index is 1.49. The van der Waals surface area contributed by atoms with E-state index in [2.05, 4.69) is 28.3 Å². The first-order chi connectivity index (χ1) is 17.7. The molecule has 0 bridgehead atoms. The van der Waals surface area contributed by atoms with Crippen LogP contribution in [0.1, 0.15) is 29.2 Å². The Morgan fingerprint density at radius 2 is 1.97 bits per heavy atom. The van der Waals surface area contributed by atoms with E-state index >= 15 is 0 Å². The fourth-order valence-corrected chi connectivity index (χ4v) is 4.64. The number of hydrogen-bond acceptors (Lipinski definition) is 9. The van der Waals surface area contributed by atoms with E-state index in [1.165, 1.54) is 12.4 Å². The molecule has 0 atom stereocenters. The number of nitrogens with one attached hydrogen (secondary N) is 2. The van der Waals surface area contributed by atoms with Crippen molar-refractivity contribution in [2.75, 3.05) is 44.0 Å². The number of methoxy groups -OCH3 is 1. The maximum absolute atomic E-state index is 9.80. The molecule has 3 heterocycles. The average Bonchev–Trinajstić information content (AvgIpc) is 2.87. The number of pyridine rings is 2. The molecule has 1 aromatic carbocycles. The quantitative estimate of drug-likeness (QED) is 0.199. The lowest BCUT2D eigenvalue weighted by Crippen LogP contribution is -2.68. The number of nitrogen functional groups attached to an aromatic ring is 1. The van der Waals surface area contributed by atoms with Gasteiger partial charge in [0.1, 0.15) is 24.2 Å². The Hall–Kier alpha value is -3.42. The molecule has 2 aromatic heterocycles. The van der Waals surface area contributed by atoms with E-state index in [1.807, 2.05) is 4.90 Å². The largest absolute Gasteiger partial charge is 0.489 e. The number of nitriles is 1. The summed E-state index contributed by atoms with van der Waals surface area (Å²) in [7, 11) is 1.67. The van der Waals surface area contributed by atoms with Crippen molar-refractivity contribution in [1.29, 1.82) is 10.7 Å². The zero-order chi connectivity index (χ0) is 26.6. The van der Waals surface area contributed by atoms with Gasteiger partial charge in [0.2, 0.25) is 0 Å². The van der Waals surface area contributed by atoms with Gasteiger partial charge in [0.25, 0.3) is 0 Å². The second-order valence-electron chi connectivity index (χ2n) is 9.04. The molecule has 11 heteroatoms. The van der Waals surface area contributed by atoms with Gasteiger partial charge in [0, 0.05) is 67.7 Å². The Bertz CT molecular complexity index is 1330. The Morgan fingerprint density at radius 3 is 2.65 bits per heavy atom. The first-order valence-electron chi connectivity index (χ1n) is 11.5. The number of hydrogen-bond donors (Lipinski definition) is 3. The van der Waals surface area contributed by atoms with Crippen LogP contribution in [0.25, 0.3) is 0 Å². The maximum Gasteiger partial charge on any atom is 0.146 e. The minimum Gasteiger partial charge on any atom is -0.489 e. The van der Waals surface area contributed by atoms with E-state index in [4.69, 9.17) is 43.8 Å². The standard InChI is InChI=1S/C26H27Cl2N7O2/c1-26(34-5-6-36-2)14-35(15-26)25-16(9-29)7-17(10-33-25)24(31)19-8-18(3-4-23(19)30)37-13-20-21(27)11-32-12-22(20)28/h3-4,7-8,10-12,31,34H,5-6,13-15,30H2,1-2H3. The van der Waals surface area contributed by atoms with Gasteiger partial charge < -0.3 is 25.4 Å². The van der Waals surface area contributed by atoms with Crippen LogP contribution in [0.15, 0.2) is 42.9 Å². The molecular weight excluding hydrogens is 513 g/mol. The highest BCUT2D eigenvalue weighted by atomic mass is 35.5. The lowest BCUT2D eigenvalue weighted by atomic mass is 9.91. The molecule has 192 valence electrons. The summed E-state index contributed by atoms with van der Waals surface area (Å²) in [6.07, 6.45) is 4.59. The molecule has 4 rings (SSSR count). The van der Waals surface area contributed by atoms with Crippen molar-refractivity contribution in [2.24, 2.45) is 0 Å². The van der Waals surface area contributed by atoms with Crippen LogP contribution in [0.2, 0.25) is 10.0 Å². The van der Waals surface area contributed by atoms with E-state index in [0.29, 0.717) is 69.3 Å².